The number of H-pyrrole nitrogens is 1. The van der Waals surface area contributed by atoms with Crippen molar-refractivity contribution in [2.75, 3.05) is 25.5 Å². The average molecular weight is 509 g/mol. The molecular weight excluding hydrogens is 468 g/mol. The van der Waals surface area contributed by atoms with E-state index in [4.69, 9.17) is 5.11 Å². The minimum atomic E-state index is -0.361. The topological polar surface area (TPSA) is 123 Å². The van der Waals surface area contributed by atoms with Crippen LogP contribution in [0.4, 0.5) is 5.69 Å². The molecule has 5 rings (SSSR count). The van der Waals surface area contributed by atoms with E-state index < -0.39 is 0 Å². The summed E-state index contributed by atoms with van der Waals surface area (Å²) in [6.45, 7) is 2.48. The number of aryl methyl sites for hydroxylation is 1. The van der Waals surface area contributed by atoms with Gasteiger partial charge in [-0.2, -0.15) is 0 Å². The molecule has 4 N–H and O–H groups in total. The lowest BCUT2D eigenvalue weighted by Gasteiger charge is -2.26. The highest BCUT2D eigenvalue weighted by molar-refractivity contribution is 5.81. The van der Waals surface area contributed by atoms with Crippen LogP contribution >= 0.6 is 0 Å². The van der Waals surface area contributed by atoms with Crippen LogP contribution in [0.5, 0.6) is 0 Å². The number of hydrogen-bond acceptors (Lipinski definition) is 8. The van der Waals surface area contributed by atoms with Crippen LogP contribution in [0.25, 0.3) is 11.0 Å². The van der Waals surface area contributed by atoms with Gasteiger partial charge in [0.15, 0.2) is 0 Å². The van der Waals surface area contributed by atoms with Gasteiger partial charge in [0.2, 0.25) is 0 Å². The van der Waals surface area contributed by atoms with E-state index in [-0.39, 0.29) is 18.2 Å². The third kappa shape index (κ3) is 8.45. The molecule has 1 aromatic carbocycles. The van der Waals surface area contributed by atoms with Crippen LogP contribution < -0.4 is 15.5 Å². The van der Waals surface area contributed by atoms with Crippen molar-refractivity contribution in [2.24, 2.45) is 0 Å². The van der Waals surface area contributed by atoms with E-state index >= 15 is 0 Å². The quantitative estimate of drug-likeness (QED) is 0.375. The molecule has 1 saturated carbocycles. The monoisotopic (exact) mass is 508 g/mol. The molecule has 0 spiro atoms. The summed E-state index contributed by atoms with van der Waals surface area (Å²) in [5, 5.41) is 15.0. The second kappa shape index (κ2) is 14.6. The number of benzene rings is 1. The average Bonchev–Trinajstić information content (AvgIpc) is 3.54. The number of nitrogens with one attached hydrogen (secondary N) is 3. The van der Waals surface area contributed by atoms with Gasteiger partial charge < -0.3 is 35.2 Å². The zero-order chi connectivity index (χ0) is 26.6. The SMILES string of the molecule is CNC1CCCCC1.Cc1nc2ccc(N(C)C(C=O)c3cccnc3)cc2[nH]1.O=CC1CC(O)CN1. The molecule has 3 aromatic rings. The Bertz CT molecular complexity index is 1100. The number of nitrogens with zero attached hydrogens (tertiary/aromatic N) is 3. The van der Waals surface area contributed by atoms with E-state index in [1.54, 1.807) is 12.4 Å². The van der Waals surface area contributed by atoms with Gasteiger partial charge in [0.25, 0.3) is 0 Å². The van der Waals surface area contributed by atoms with Crippen molar-refractivity contribution in [1.82, 2.24) is 25.6 Å². The largest absolute Gasteiger partial charge is 0.392 e. The van der Waals surface area contributed by atoms with Crippen molar-refractivity contribution in [3.63, 3.8) is 0 Å². The van der Waals surface area contributed by atoms with Crippen LogP contribution in [0.3, 0.4) is 0 Å². The summed E-state index contributed by atoms with van der Waals surface area (Å²) in [5.74, 6) is 0.879. The van der Waals surface area contributed by atoms with Gasteiger partial charge in [0.05, 0.1) is 23.2 Å². The molecule has 2 aliphatic rings. The molecule has 2 fully saturated rings. The number of carbonyl (C=O) groups excluding carboxylic acids is 2. The zero-order valence-electron chi connectivity index (χ0n) is 22.1. The Hall–Kier alpha value is -3.14. The molecule has 0 radical (unpaired) electrons. The molecular formula is C28H40N6O3. The highest BCUT2D eigenvalue weighted by Gasteiger charge is 2.20. The Labute approximate surface area is 219 Å². The number of hydrogen-bond donors (Lipinski definition) is 4. The van der Waals surface area contributed by atoms with E-state index in [2.05, 4.69) is 32.6 Å². The number of carbonyl (C=O) groups is 2. The van der Waals surface area contributed by atoms with E-state index in [1.165, 1.54) is 32.1 Å². The second-order valence-corrected chi connectivity index (χ2v) is 9.67. The summed E-state index contributed by atoms with van der Waals surface area (Å²) in [6, 6.07) is 10.0. The number of rotatable bonds is 6. The van der Waals surface area contributed by atoms with Crippen LogP contribution in [0.15, 0.2) is 42.7 Å². The summed E-state index contributed by atoms with van der Waals surface area (Å²) in [6.07, 6.45) is 12.6. The number of fused-ring (bicyclic) bond motifs is 1. The van der Waals surface area contributed by atoms with Gasteiger partial charge in [0.1, 0.15) is 24.4 Å². The summed E-state index contributed by atoms with van der Waals surface area (Å²) in [5.41, 5.74) is 3.71. The number of aldehydes is 2. The van der Waals surface area contributed by atoms with Crippen molar-refractivity contribution in [3.8, 4) is 0 Å². The predicted octanol–water partition coefficient (Wildman–Crippen LogP) is 3.09. The number of aliphatic hydroxyl groups is 1. The smallest absolute Gasteiger partial charge is 0.147 e. The highest BCUT2D eigenvalue weighted by Crippen LogP contribution is 2.26. The van der Waals surface area contributed by atoms with Crippen LogP contribution in [-0.4, -0.2) is 71.5 Å². The lowest BCUT2D eigenvalue weighted by atomic mass is 9.96. The maximum Gasteiger partial charge on any atom is 0.147 e. The fourth-order valence-electron chi connectivity index (χ4n) is 4.69. The Morgan fingerprint density at radius 3 is 2.51 bits per heavy atom. The number of aliphatic hydroxyl groups excluding tert-OH is 1. The first-order chi connectivity index (χ1) is 17.9. The standard InChI is InChI=1S/C16H16N4O.C7H15N.C5H9NO2/c1-11-18-14-6-5-13(8-15(14)19-11)20(2)16(10-21)12-4-3-7-17-9-12;1-8-7-5-3-2-4-6-7;7-3-4-1-5(8)2-6-4/h3-10,16H,1-2H3,(H,18,19);7-8H,2-6H2,1H3;3-6,8H,1-2H2. The number of likely N-dealkylation sites (N-methyl/N-ethyl adjacent to an activating group) is 1. The number of aromatic amines is 1. The third-order valence-corrected chi connectivity index (χ3v) is 6.88. The molecule has 0 amide bonds. The predicted molar refractivity (Wildman–Crippen MR) is 147 cm³/mol. The van der Waals surface area contributed by atoms with Gasteiger partial charge in [-0.1, -0.05) is 25.3 Å². The zero-order valence-corrected chi connectivity index (χ0v) is 22.1. The van der Waals surface area contributed by atoms with E-state index in [9.17, 15) is 9.59 Å². The normalized spacial score (nSPS) is 20.2. The third-order valence-electron chi connectivity index (χ3n) is 6.88. The minimum absolute atomic E-state index is 0.106. The molecule has 3 atom stereocenters. The Morgan fingerprint density at radius 1 is 1.19 bits per heavy atom. The maximum atomic E-state index is 11.5. The number of aromatic nitrogens is 3. The van der Waals surface area contributed by atoms with Crippen LogP contribution in [0, 0.1) is 6.92 Å². The fraction of sp³-hybridized carbons (Fsp3) is 0.500. The summed E-state index contributed by atoms with van der Waals surface area (Å²) >= 11 is 0. The van der Waals surface area contributed by atoms with Crippen molar-refractivity contribution < 1.29 is 14.7 Å². The van der Waals surface area contributed by atoms with Crippen LogP contribution in [0.1, 0.15) is 56.0 Å². The lowest BCUT2D eigenvalue weighted by Crippen LogP contribution is -2.26. The summed E-state index contributed by atoms with van der Waals surface area (Å²) in [4.78, 5) is 35.1. The molecule has 1 aliphatic carbocycles. The second-order valence-electron chi connectivity index (χ2n) is 9.67. The number of pyridine rings is 1. The van der Waals surface area contributed by atoms with Crippen molar-refractivity contribution in [1.29, 1.82) is 0 Å². The Balaban J connectivity index is 0.000000194. The molecule has 200 valence electrons. The molecule has 3 unspecified atom stereocenters. The number of β-amino-alcohol motifs (C(OH)–C–C–N with tert-alkyl or cyclic N) is 1. The highest BCUT2D eigenvalue weighted by atomic mass is 16.3. The van der Waals surface area contributed by atoms with Crippen molar-refractivity contribution in [2.45, 2.75) is 69.7 Å². The minimum Gasteiger partial charge on any atom is -0.392 e. The number of anilines is 1. The van der Waals surface area contributed by atoms with E-state index in [1.807, 2.05) is 49.2 Å². The molecule has 1 aliphatic heterocycles. The number of imidazole rings is 1. The van der Waals surface area contributed by atoms with Gasteiger partial charge in [-0.05, 0) is 63.1 Å². The Kier molecular flexibility index (Phi) is 11.2. The molecule has 0 bridgehead atoms. The van der Waals surface area contributed by atoms with Gasteiger partial charge >= 0.3 is 0 Å². The maximum absolute atomic E-state index is 11.5. The van der Waals surface area contributed by atoms with Gasteiger partial charge in [-0.25, -0.2) is 4.98 Å². The van der Waals surface area contributed by atoms with E-state index in [0.29, 0.717) is 13.0 Å². The Morgan fingerprint density at radius 2 is 1.97 bits per heavy atom. The first-order valence-electron chi connectivity index (χ1n) is 13.0. The van der Waals surface area contributed by atoms with E-state index in [0.717, 1.165) is 46.7 Å². The molecule has 2 aromatic heterocycles. The summed E-state index contributed by atoms with van der Waals surface area (Å²) in [7, 11) is 3.96. The molecule has 1 saturated heterocycles. The van der Waals surface area contributed by atoms with Gasteiger partial charge in [-0.3, -0.25) is 4.98 Å². The first kappa shape index (κ1) is 28.4. The molecule has 37 heavy (non-hydrogen) atoms. The van der Waals surface area contributed by atoms with Crippen molar-refractivity contribution in [3.05, 3.63) is 54.1 Å². The molecule has 9 heteroatoms. The van der Waals surface area contributed by atoms with Crippen LogP contribution in [0.2, 0.25) is 0 Å². The molecule has 3 heterocycles. The lowest BCUT2D eigenvalue weighted by molar-refractivity contribution is -0.109. The van der Waals surface area contributed by atoms with Crippen LogP contribution in [-0.2, 0) is 9.59 Å². The van der Waals surface area contributed by atoms with Crippen molar-refractivity contribution >= 4 is 29.3 Å². The molecule has 9 nitrogen and oxygen atoms in total. The van der Waals surface area contributed by atoms with Gasteiger partial charge in [-0.15, -0.1) is 0 Å². The fourth-order valence-corrected chi connectivity index (χ4v) is 4.69. The summed E-state index contributed by atoms with van der Waals surface area (Å²) < 4.78 is 0. The van der Waals surface area contributed by atoms with Gasteiger partial charge in [0, 0.05) is 37.7 Å². The first-order valence-corrected chi connectivity index (χ1v) is 13.0.